The molecule has 0 fully saturated rings. The number of ether oxygens (including phenoxy) is 1. The third kappa shape index (κ3) is 5.00. The predicted octanol–water partition coefficient (Wildman–Crippen LogP) is 2.55. The zero-order valence-electron chi connectivity index (χ0n) is 9.28. The highest BCUT2D eigenvalue weighted by molar-refractivity contribution is 5.88. The number of benzene rings is 1. The Kier molecular flexibility index (Phi) is 4.38. The van der Waals surface area contributed by atoms with Gasteiger partial charge in [0.1, 0.15) is 5.75 Å². The van der Waals surface area contributed by atoms with Gasteiger partial charge in [0, 0.05) is 5.56 Å². The summed E-state index contributed by atoms with van der Waals surface area (Å²) in [6, 6.07) is 4.51. The van der Waals surface area contributed by atoms with E-state index in [-0.39, 0.29) is 17.5 Å². The number of aromatic carboxylic acids is 1. The van der Waals surface area contributed by atoms with Crippen molar-refractivity contribution in [1.29, 1.82) is 5.26 Å². The Labute approximate surface area is 106 Å². The lowest BCUT2D eigenvalue weighted by molar-refractivity contribution is -0.274. The van der Waals surface area contributed by atoms with Gasteiger partial charge < -0.3 is 9.84 Å². The zero-order chi connectivity index (χ0) is 14.5. The van der Waals surface area contributed by atoms with Gasteiger partial charge in [-0.3, -0.25) is 0 Å². The molecule has 1 aromatic carbocycles. The summed E-state index contributed by atoms with van der Waals surface area (Å²) in [6.07, 6.45) is -5.04. The van der Waals surface area contributed by atoms with E-state index < -0.39 is 18.1 Å². The number of hydrogen-bond donors (Lipinski definition) is 1. The lowest BCUT2D eigenvalue weighted by Crippen LogP contribution is -2.17. The first-order chi connectivity index (χ1) is 8.81. The average Bonchev–Trinajstić information content (AvgIpc) is 2.26. The summed E-state index contributed by atoms with van der Waals surface area (Å²) in [5, 5.41) is 17.0. The van der Waals surface area contributed by atoms with Crippen LogP contribution in [-0.4, -0.2) is 17.4 Å². The Morgan fingerprint density at radius 1 is 1.37 bits per heavy atom. The second-order valence-electron chi connectivity index (χ2n) is 3.24. The number of hydrogen-bond acceptors (Lipinski definition) is 3. The van der Waals surface area contributed by atoms with E-state index in [0.717, 1.165) is 18.2 Å². The topological polar surface area (TPSA) is 70.3 Å². The molecule has 0 aliphatic heterocycles. The van der Waals surface area contributed by atoms with E-state index in [0.29, 0.717) is 0 Å². The van der Waals surface area contributed by atoms with Crippen molar-refractivity contribution >= 4 is 5.97 Å². The number of carboxylic acid groups (broad SMARTS) is 1. The van der Waals surface area contributed by atoms with Gasteiger partial charge >= 0.3 is 12.3 Å². The molecule has 98 valence electrons. The number of halogens is 3. The number of alkyl halides is 3. The van der Waals surface area contributed by atoms with Crippen LogP contribution in [0.3, 0.4) is 0 Å². The highest BCUT2D eigenvalue weighted by atomic mass is 19.4. The maximum absolute atomic E-state index is 12.1. The molecule has 4 nitrogen and oxygen atoms in total. The van der Waals surface area contributed by atoms with Crippen molar-refractivity contribution in [2.75, 3.05) is 0 Å². The molecule has 0 heterocycles. The van der Waals surface area contributed by atoms with Gasteiger partial charge in [0.25, 0.3) is 0 Å². The van der Waals surface area contributed by atoms with E-state index >= 15 is 0 Å². The van der Waals surface area contributed by atoms with Crippen LogP contribution >= 0.6 is 0 Å². The molecule has 0 spiro atoms. The number of nitriles is 1. The van der Waals surface area contributed by atoms with E-state index in [9.17, 15) is 18.0 Å². The molecule has 0 aliphatic carbocycles. The van der Waals surface area contributed by atoms with Gasteiger partial charge in [-0.1, -0.05) is 11.8 Å². The molecule has 1 N–H and O–H groups in total. The molecule has 0 saturated heterocycles. The Morgan fingerprint density at radius 2 is 2.05 bits per heavy atom. The van der Waals surface area contributed by atoms with Crippen LogP contribution < -0.4 is 4.74 Å². The van der Waals surface area contributed by atoms with Gasteiger partial charge in [-0.2, -0.15) is 5.26 Å². The van der Waals surface area contributed by atoms with E-state index in [4.69, 9.17) is 10.4 Å². The van der Waals surface area contributed by atoms with Crippen LogP contribution in [0.5, 0.6) is 5.75 Å². The molecule has 0 aliphatic rings. The molecule has 0 radical (unpaired) electrons. The van der Waals surface area contributed by atoms with Gasteiger partial charge in [0.2, 0.25) is 0 Å². The minimum absolute atomic E-state index is 0.0226. The van der Waals surface area contributed by atoms with E-state index in [1.165, 1.54) is 0 Å². The van der Waals surface area contributed by atoms with Crippen molar-refractivity contribution in [3.63, 3.8) is 0 Å². The van der Waals surface area contributed by atoms with E-state index in [1.54, 1.807) is 6.07 Å². The number of nitrogens with zero attached hydrogens (tertiary/aromatic N) is 1. The molecular formula is C12H6F3NO3. The van der Waals surface area contributed by atoms with Crippen LogP contribution in [0.1, 0.15) is 22.3 Å². The molecule has 7 heteroatoms. The van der Waals surface area contributed by atoms with Crippen molar-refractivity contribution < 1.29 is 27.8 Å². The highest BCUT2D eigenvalue weighted by Crippen LogP contribution is 2.25. The molecule has 0 saturated carbocycles. The summed E-state index contributed by atoms with van der Waals surface area (Å²) in [5.41, 5.74) is -0.364. The third-order valence-corrected chi connectivity index (χ3v) is 1.79. The van der Waals surface area contributed by atoms with Crippen LogP contribution in [0.4, 0.5) is 13.2 Å². The quantitative estimate of drug-likeness (QED) is 0.837. The maximum Gasteiger partial charge on any atom is 0.573 e. The fraction of sp³-hybridized carbons (Fsp3) is 0.167. The summed E-state index contributed by atoms with van der Waals surface area (Å²) >= 11 is 0. The Balaban J connectivity index is 3.16. The molecule has 1 rings (SSSR count). The number of carbonyl (C=O) groups is 1. The standard InChI is InChI=1S/C12H6F3NO3/c13-12(14,15)19-10-6-8(3-1-2-4-16)5-9(7-10)11(17)18/h5-7H,2H2,(H,17,18). The minimum atomic E-state index is -4.92. The Morgan fingerprint density at radius 3 is 2.58 bits per heavy atom. The predicted molar refractivity (Wildman–Crippen MR) is 57.2 cm³/mol. The molecule has 0 aromatic heterocycles. The van der Waals surface area contributed by atoms with E-state index in [1.807, 2.05) is 0 Å². The summed E-state index contributed by atoms with van der Waals surface area (Å²) in [7, 11) is 0. The van der Waals surface area contributed by atoms with Crippen LogP contribution in [0.15, 0.2) is 18.2 Å². The molecular weight excluding hydrogens is 263 g/mol. The second-order valence-corrected chi connectivity index (χ2v) is 3.24. The summed E-state index contributed by atoms with van der Waals surface area (Å²) in [5.74, 6) is 2.67. The molecule has 0 atom stereocenters. The number of rotatable bonds is 2. The summed E-state index contributed by atoms with van der Waals surface area (Å²) in [6.45, 7) is 0. The lowest BCUT2D eigenvalue weighted by Gasteiger charge is -2.09. The molecule has 1 aromatic rings. The van der Waals surface area contributed by atoms with Gasteiger partial charge in [0.15, 0.2) is 0 Å². The largest absolute Gasteiger partial charge is 0.573 e. The molecule has 0 amide bonds. The van der Waals surface area contributed by atoms with Crippen LogP contribution in [0.25, 0.3) is 0 Å². The van der Waals surface area contributed by atoms with Gasteiger partial charge in [-0.25, -0.2) is 4.79 Å². The van der Waals surface area contributed by atoms with Crippen molar-refractivity contribution in [3.05, 3.63) is 29.3 Å². The number of carboxylic acids is 1. The fourth-order valence-corrected chi connectivity index (χ4v) is 1.17. The van der Waals surface area contributed by atoms with Crippen molar-refractivity contribution in [1.82, 2.24) is 0 Å². The normalized spacial score (nSPS) is 10.0. The smallest absolute Gasteiger partial charge is 0.478 e. The van der Waals surface area contributed by atoms with Crippen LogP contribution in [-0.2, 0) is 0 Å². The Hall–Kier alpha value is -2.67. The van der Waals surface area contributed by atoms with Crippen molar-refractivity contribution in [2.45, 2.75) is 12.8 Å². The minimum Gasteiger partial charge on any atom is -0.478 e. The molecule has 19 heavy (non-hydrogen) atoms. The monoisotopic (exact) mass is 269 g/mol. The fourth-order valence-electron chi connectivity index (χ4n) is 1.17. The van der Waals surface area contributed by atoms with Gasteiger partial charge in [-0.05, 0) is 18.2 Å². The van der Waals surface area contributed by atoms with Gasteiger partial charge in [0.05, 0.1) is 18.1 Å². The first-order valence-electron chi connectivity index (χ1n) is 4.82. The lowest BCUT2D eigenvalue weighted by atomic mass is 10.1. The van der Waals surface area contributed by atoms with E-state index in [2.05, 4.69) is 16.6 Å². The average molecular weight is 269 g/mol. The zero-order valence-corrected chi connectivity index (χ0v) is 9.28. The SMILES string of the molecule is N#CCC#Cc1cc(OC(F)(F)F)cc(C(=O)O)c1. The molecule has 0 unspecified atom stereocenters. The summed E-state index contributed by atoms with van der Waals surface area (Å²) in [4.78, 5) is 10.8. The van der Waals surface area contributed by atoms with Gasteiger partial charge in [-0.15, -0.1) is 13.2 Å². The Bertz CT molecular complexity index is 591. The third-order valence-electron chi connectivity index (χ3n) is 1.79. The first-order valence-corrected chi connectivity index (χ1v) is 4.82. The first kappa shape index (κ1) is 14.4. The second kappa shape index (κ2) is 5.78. The van der Waals surface area contributed by atoms with Crippen LogP contribution in [0.2, 0.25) is 0 Å². The van der Waals surface area contributed by atoms with Crippen molar-refractivity contribution in [2.24, 2.45) is 0 Å². The summed E-state index contributed by atoms with van der Waals surface area (Å²) < 4.78 is 39.8. The van der Waals surface area contributed by atoms with Crippen molar-refractivity contribution in [3.8, 4) is 23.7 Å². The van der Waals surface area contributed by atoms with Crippen LogP contribution in [0, 0.1) is 23.2 Å². The molecule has 0 bridgehead atoms. The highest BCUT2D eigenvalue weighted by Gasteiger charge is 2.31. The maximum atomic E-state index is 12.1.